The van der Waals surface area contributed by atoms with E-state index >= 15 is 0 Å². The van der Waals surface area contributed by atoms with Gasteiger partial charge in [0.2, 0.25) is 0 Å². The van der Waals surface area contributed by atoms with Crippen molar-refractivity contribution in [3.8, 4) is 0 Å². The fourth-order valence-electron chi connectivity index (χ4n) is 2.61. The lowest BCUT2D eigenvalue weighted by Gasteiger charge is -2.41. The van der Waals surface area contributed by atoms with E-state index in [-0.39, 0.29) is 12.5 Å². The zero-order chi connectivity index (χ0) is 13.2. The molecule has 2 aliphatic carbocycles. The zero-order valence-electron chi connectivity index (χ0n) is 10.9. The fraction of sp³-hybridized carbons (Fsp3) is 0.846. The van der Waals surface area contributed by atoms with Gasteiger partial charge in [-0.05, 0) is 43.9 Å². The van der Waals surface area contributed by atoms with Crippen molar-refractivity contribution in [1.29, 1.82) is 0 Å². The van der Waals surface area contributed by atoms with Crippen molar-refractivity contribution in [2.75, 3.05) is 6.54 Å². The predicted octanol–water partition coefficient (Wildman–Crippen LogP) is 1.73. The number of urea groups is 1. The lowest BCUT2D eigenvalue weighted by molar-refractivity contribution is -0.139. The van der Waals surface area contributed by atoms with Crippen molar-refractivity contribution in [3.05, 3.63) is 0 Å². The highest BCUT2D eigenvalue weighted by Gasteiger charge is 2.40. The van der Waals surface area contributed by atoms with E-state index in [0.29, 0.717) is 12.5 Å². The summed E-state index contributed by atoms with van der Waals surface area (Å²) in [5.41, 5.74) is -0.501. The largest absolute Gasteiger partial charge is 0.481 e. The number of rotatable bonds is 6. The summed E-state index contributed by atoms with van der Waals surface area (Å²) in [6.45, 7) is 2.83. The summed E-state index contributed by atoms with van der Waals surface area (Å²) in [4.78, 5) is 22.5. The molecular formula is C13H22N2O3. The lowest BCUT2D eigenvalue weighted by Crippen LogP contribution is -2.57. The second kappa shape index (κ2) is 5.16. The normalized spacial score (nSPS) is 22.7. The van der Waals surface area contributed by atoms with E-state index < -0.39 is 11.5 Å². The molecule has 1 unspecified atom stereocenters. The van der Waals surface area contributed by atoms with E-state index in [9.17, 15) is 9.59 Å². The Morgan fingerprint density at radius 1 is 1.39 bits per heavy atom. The Kier molecular flexibility index (Phi) is 3.78. The lowest BCUT2D eigenvalue weighted by atomic mass is 9.74. The molecule has 3 N–H and O–H groups in total. The van der Waals surface area contributed by atoms with E-state index in [4.69, 9.17) is 5.11 Å². The molecule has 0 saturated heterocycles. The Morgan fingerprint density at radius 2 is 2.06 bits per heavy atom. The fourth-order valence-corrected chi connectivity index (χ4v) is 2.61. The summed E-state index contributed by atoms with van der Waals surface area (Å²) >= 11 is 0. The average molecular weight is 254 g/mol. The first-order chi connectivity index (χ1) is 8.51. The van der Waals surface area contributed by atoms with E-state index in [0.717, 1.165) is 25.2 Å². The van der Waals surface area contributed by atoms with Crippen LogP contribution in [0.3, 0.4) is 0 Å². The minimum absolute atomic E-state index is 0.0264. The number of hydrogen-bond donors (Lipinski definition) is 3. The molecule has 2 rings (SSSR count). The van der Waals surface area contributed by atoms with Gasteiger partial charge in [0, 0.05) is 6.54 Å². The first kappa shape index (κ1) is 13.2. The van der Waals surface area contributed by atoms with Crippen molar-refractivity contribution in [2.45, 2.75) is 51.0 Å². The number of amides is 2. The third-order valence-corrected chi connectivity index (χ3v) is 4.19. The minimum Gasteiger partial charge on any atom is -0.481 e. The first-order valence-electron chi connectivity index (χ1n) is 6.79. The molecule has 5 nitrogen and oxygen atoms in total. The van der Waals surface area contributed by atoms with E-state index in [1.54, 1.807) is 0 Å². The van der Waals surface area contributed by atoms with Crippen LogP contribution in [0, 0.1) is 11.8 Å². The molecule has 0 radical (unpaired) electrons. The molecule has 2 fully saturated rings. The van der Waals surface area contributed by atoms with E-state index in [2.05, 4.69) is 17.6 Å². The summed E-state index contributed by atoms with van der Waals surface area (Å²) in [6, 6.07) is -0.219. The van der Waals surface area contributed by atoms with Gasteiger partial charge >= 0.3 is 12.0 Å². The van der Waals surface area contributed by atoms with Crippen molar-refractivity contribution >= 4 is 12.0 Å². The molecule has 0 aliphatic heterocycles. The molecule has 2 amide bonds. The summed E-state index contributed by atoms with van der Waals surface area (Å²) in [5.74, 6) is 0.441. The van der Waals surface area contributed by atoms with Crippen LogP contribution >= 0.6 is 0 Å². The van der Waals surface area contributed by atoms with Gasteiger partial charge in [-0.25, -0.2) is 4.79 Å². The highest BCUT2D eigenvalue weighted by Crippen LogP contribution is 2.36. The smallest absolute Gasteiger partial charge is 0.315 e. The van der Waals surface area contributed by atoms with E-state index in [1.165, 1.54) is 12.8 Å². The first-order valence-corrected chi connectivity index (χ1v) is 6.79. The van der Waals surface area contributed by atoms with Crippen LogP contribution in [0.1, 0.15) is 45.4 Å². The van der Waals surface area contributed by atoms with Gasteiger partial charge in [-0.15, -0.1) is 0 Å². The molecule has 5 heteroatoms. The maximum absolute atomic E-state index is 11.8. The predicted molar refractivity (Wildman–Crippen MR) is 67.3 cm³/mol. The molecule has 102 valence electrons. The van der Waals surface area contributed by atoms with Crippen LogP contribution in [-0.4, -0.2) is 29.2 Å². The van der Waals surface area contributed by atoms with Crippen molar-refractivity contribution < 1.29 is 14.7 Å². The topological polar surface area (TPSA) is 78.4 Å². The number of carboxylic acids is 1. The molecule has 0 heterocycles. The average Bonchev–Trinajstić information content (AvgIpc) is 3.05. The maximum atomic E-state index is 11.8. The van der Waals surface area contributed by atoms with Gasteiger partial charge in [0.05, 0.1) is 12.0 Å². The number of carboxylic acid groups (broad SMARTS) is 1. The number of hydrogen-bond acceptors (Lipinski definition) is 2. The summed E-state index contributed by atoms with van der Waals surface area (Å²) in [7, 11) is 0. The summed E-state index contributed by atoms with van der Waals surface area (Å²) in [5, 5.41) is 14.6. The highest BCUT2D eigenvalue weighted by atomic mass is 16.4. The van der Waals surface area contributed by atoms with Gasteiger partial charge in [-0.1, -0.05) is 6.92 Å². The van der Waals surface area contributed by atoms with Gasteiger partial charge in [0.1, 0.15) is 0 Å². The van der Waals surface area contributed by atoms with Crippen LogP contribution in [0.2, 0.25) is 0 Å². The second-order valence-electron chi connectivity index (χ2n) is 5.85. The third kappa shape index (κ3) is 3.37. The summed E-state index contributed by atoms with van der Waals surface area (Å²) < 4.78 is 0. The molecule has 0 aromatic heterocycles. The quantitative estimate of drug-likeness (QED) is 0.675. The molecule has 0 aromatic carbocycles. The minimum atomic E-state index is -0.846. The molecule has 0 bridgehead atoms. The standard InChI is InChI=1S/C13H22N2O3/c1-9(10-3-4-10)8-14-12(18)15-13(5-2-6-13)7-11(16)17/h9-10H,2-8H2,1H3,(H,16,17)(H2,14,15,18). The van der Waals surface area contributed by atoms with E-state index in [1.807, 2.05) is 0 Å². The zero-order valence-corrected chi connectivity index (χ0v) is 10.9. The molecule has 1 atom stereocenters. The number of carbonyl (C=O) groups is 2. The summed E-state index contributed by atoms with van der Waals surface area (Å²) in [6.07, 6.45) is 5.10. The molecule has 0 aromatic rings. The molecule has 18 heavy (non-hydrogen) atoms. The van der Waals surface area contributed by atoms with Crippen LogP contribution in [0.4, 0.5) is 4.79 Å². The van der Waals surface area contributed by atoms with Crippen LogP contribution in [0.25, 0.3) is 0 Å². The number of aliphatic carboxylic acids is 1. The Bertz CT molecular complexity index is 335. The molecule has 2 aliphatic rings. The Hall–Kier alpha value is -1.26. The van der Waals surface area contributed by atoms with Gasteiger partial charge in [-0.3, -0.25) is 4.79 Å². The Balaban J connectivity index is 1.73. The van der Waals surface area contributed by atoms with Crippen LogP contribution in [-0.2, 0) is 4.79 Å². The van der Waals surface area contributed by atoms with Crippen LogP contribution in [0.15, 0.2) is 0 Å². The SMILES string of the molecule is CC(CNC(=O)NC1(CC(=O)O)CCC1)C1CC1. The van der Waals surface area contributed by atoms with Crippen LogP contribution in [0.5, 0.6) is 0 Å². The molecular weight excluding hydrogens is 232 g/mol. The number of carbonyl (C=O) groups excluding carboxylic acids is 1. The van der Waals surface area contributed by atoms with Crippen molar-refractivity contribution in [1.82, 2.24) is 10.6 Å². The van der Waals surface area contributed by atoms with Gasteiger partial charge in [0.25, 0.3) is 0 Å². The monoisotopic (exact) mass is 254 g/mol. The Labute approximate surface area is 107 Å². The number of nitrogens with one attached hydrogen (secondary N) is 2. The van der Waals surface area contributed by atoms with Crippen LogP contribution < -0.4 is 10.6 Å². The van der Waals surface area contributed by atoms with Gasteiger partial charge < -0.3 is 15.7 Å². The Morgan fingerprint density at radius 3 is 2.50 bits per heavy atom. The van der Waals surface area contributed by atoms with Crippen molar-refractivity contribution in [2.24, 2.45) is 11.8 Å². The van der Waals surface area contributed by atoms with Crippen molar-refractivity contribution in [3.63, 3.8) is 0 Å². The maximum Gasteiger partial charge on any atom is 0.315 e. The molecule has 2 saturated carbocycles. The van der Waals surface area contributed by atoms with Gasteiger partial charge in [-0.2, -0.15) is 0 Å². The highest BCUT2D eigenvalue weighted by molar-refractivity contribution is 5.77. The molecule has 0 spiro atoms. The van der Waals surface area contributed by atoms with Gasteiger partial charge in [0.15, 0.2) is 0 Å². The second-order valence-corrected chi connectivity index (χ2v) is 5.85. The third-order valence-electron chi connectivity index (χ3n) is 4.19.